The molecule has 1 aliphatic rings. The van der Waals surface area contributed by atoms with Crippen LogP contribution in [0.3, 0.4) is 0 Å². The van der Waals surface area contributed by atoms with Crippen molar-refractivity contribution in [3.05, 3.63) is 0 Å². The van der Waals surface area contributed by atoms with Crippen molar-refractivity contribution in [1.82, 2.24) is 5.32 Å². The fraction of sp³-hybridized carbons (Fsp3) is 1.00. The Balaban J connectivity index is 2.53. The quantitative estimate of drug-likeness (QED) is 0.641. The molecule has 0 bridgehead atoms. The third kappa shape index (κ3) is 4.91. The fourth-order valence-corrected chi connectivity index (χ4v) is 3.75. The average Bonchev–Trinajstić information content (AvgIpc) is 2.43. The van der Waals surface area contributed by atoms with Gasteiger partial charge in [0, 0.05) is 6.04 Å². The summed E-state index contributed by atoms with van der Waals surface area (Å²) in [5.74, 6) is 2.88. The summed E-state index contributed by atoms with van der Waals surface area (Å²) in [4.78, 5) is 0. The largest absolute Gasteiger partial charge is 0.314 e. The van der Waals surface area contributed by atoms with Crippen molar-refractivity contribution in [1.29, 1.82) is 0 Å². The number of nitrogens with one attached hydrogen (secondary N) is 1. The predicted octanol–water partition coefficient (Wildman–Crippen LogP) is 5.01. The van der Waals surface area contributed by atoms with Crippen molar-refractivity contribution in [2.75, 3.05) is 6.54 Å². The summed E-state index contributed by atoms with van der Waals surface area (Å²) >= 11 is 0. The lowest BCUT2D eigenvalue weighted by Gasteiger charge is -2.36. The van der Waals surface area contributed by atoms with Crippen LogP contribution in [0.4, 0.5) is 0 Å². The maximum absolute atomic E-state index is 3.80. The average molecular weight is 253 g/mol. The lowest BCUT2D eigenvalue weighted by atomic mass is 9.74. The lowest BCUT2D eigenvalue weighted by Crippen LogP contribution is -2.40. The molecule has 0 saturated heterocycles. The maximum atomic E-state index is 3.80. The minimum atomic E-state index is 0.786. The maximum Gasteiger partial charge on any atom is 0.00979 e. The molecule has 0 aromatic carbocycles. The van der Waals surface area contributed by atoms with Gasteiger partial charge in [-0.05, 0) is 43.6 Å². The molecule has 0 heterocycles. The molecular weight excluding hydrogens is 218 g/mol. The van der Waals surface area contributed by atoms with Crippen LogP contribution < -0.4 is 5.32 Å². The monoisotopic (exact) mass is 253 g/mol. The van der Waals surface area contributed by atoms with E-state index in [1.165, 1.54) is 51.4 Å². The van der Waals surface area contributed by atoms with Gasteiger partial charge in [0.15, 0.2) is 0 Å². The van der Waals surface area contributed by atoms with Crippen molar-refractivity contribution in [3.63, 3.8) is 0 Å². The minimum Gasteiger partial charge on any atom is -0.314 e. The molecular formula is C17H35N. The van der Waals surface area contributed by atoms with Gasteiger partial charge in [-0.2, -0.15) is 0 Å². The van der Waals surface area contributed by atoms with E-state index in [0.29, 0.717) is 0 Å². The second-order valence-corrected chi connectivity index (χ2v) is 6.28. The second-order valence-electron chi connectivity index (χ2n) is 6.28. The molecule has 1 fully saturated rings. The predicted molar refractivity (Wildman–Crippen MR) is 81.9 cm³/mol. The van der Waals surface area contributed by atoms with Crippen LogP contribution in [0.2, 0.25) is 0 Å². The first-order chi connectivity index (χ1) is 8.74. The molecule has 0 radical (unpaired) electrons. The Bertz CT molecular complexity index is 198. The topological polar surface area (TPSA) is 12.0 Å². The van der Waals surface area contributed by atoms with Gasteiger partial charge < -0.3 is 5.32 Å². The molecule has 1 N–H and O–H groups in total. The van der Waals surface area contributed by atoms with E-state index in [0.717, 1.165) is 30.3 Å². The Labute approximate surface area is 115 Å². The Hall–Kier alpha value is -0.0400. The summed E-state index contributed by atoms with van der Waals surface area (Å²) in [5.41, 5.74) is 0. The molecule has 1 aliphatic carbocycles. The molecule has 108 valence electrons. The first kappa shape index (κ1) is 16.0. The molecule has 0 aromatic rings. The molecule has 1 rings (SSSR count). The highest BCUT2D eigenvalue weighted by atomic mass is 14.9. The van der Waals surface area contributed by atoms with Crippen molar-refractivity contribution >= 4 is 0 Å². The SMILES string of the molecule is CCNC(CC(CC)CC)C1CCCC(CC)C1. The molecule has 0 spiro atoms. The van der Waals surface area contributed by atoms with Crippen LogP contribution in [0.25, 0.3) is 0 Å². The summed E-state index contributed by atoms with van der Waals surface area (Å²) < 4.78 is 0. The Kier molecular flexibility index (Phi) is 7.97. The van der Waals surface area contributed by atoms with E-state index >= 15 is 0 Å². The highest BCUT2D eigenvalue weighted by Crippen LogP contribution is 2.35. The van der Waals surface area contributed by atoms with Gasteiger partial charge in [0.05, 0.1) is 0 Å². The fourth-order valence-electron chi connectivity index (χ4n) is 3.75. The number of hydrogen-bond acceptors (Lipinski definition) is 1. The molecule has 3 unspecified atom stereocenters. The Morgan fingerprint density at radius 2 is 1.78 bits per heavy atom. The minimum absolute atomic E-state index is 0.786. The van der Waals surface area contributed by atoms with Crippen molar-refractivity contribution < 1.29 is 0 Å². The van der Waals surface area contributed by atoms with Crippen molar-refractivity contribution in [2.24, 2.45) is 17.8 Å². The molecule has 18 heavy (non-hydrogen) atoms. The molecule has 0 amide bonds. The van der Waals surface area contributed by atoms with Crippen molar-refractivity contribution in [2.45, 2.75) is 85.1 Å². The number of rotatable bonds is 8. The van der Waals surface area contributed by atoms with Crippen molar-refractivity contribution in [3.8, 4) is 0 Å². The van der Waals surface area contributed by atoms with Gasteiger partial charge in [-0.25, -0.2) is 0 Å². The summed E-state index contributed by atoms with van der Waals surface area (Å²) in [5, 5.41) is 3.80. The zero-order valence-electron chi connectivity index (χ0n) is 13.2. The second kappa shape index (κ2) is 8.96. The third-order valence-corrected chi connectivity index (χ3v) is 5.18. The molecule has 1 saturated carbocycles. The van der Waals surface area contributed by atoms with Crippen LogP contribution in [0.15, 0.2) is 0 Å². The highest BCUT2D eigenvalue weighted by molar-refractivity contribution is 4.83. The van der Waals surface area contributed by atoms with E-state index < -0.39 is 0 Å². The summed E-state index contributed by atoms with van der Waals surface area (Å²) in [6, 6.07) is 0.786. The molecule has 0 aromatic heterocycles. The lowest BCUT2D eigenvalue weighted by molar-refractivity contribution is 0.187. The molecule has 0 aliphatic heterocycles. The van der Waals surface area contributed by atoms with Crippen LogP contribution in [0.1, 0.15) is 79.1 Å². The normalized spacial score (nSPS) is 26.5. The third-order valence-electron chi connectivity index (χ3n) is 5.18. The van der Waals surface area contributed by atoms with E-state index in [1.54, 1.807) is 0 Å². The van der Waals surface area contributed by atoms with Crippen LogP contribution in [-0.4, -0.2) is 12.6 Å². The van der Waals surface area contributed by atoms with E-state index in [4.69, 9.17) is 0 Å². The summed E-state index contributed by atoms with van der Waals surface area (Å²) in [7, 11) is 0. The van der Waals surface area contributed by atoms with Crippen LogP contribution >= 0.6 is 0 Å². The zero-order chi connectivity index (χ0) is 13.4. The van der Waals surface area contributed by atoms with Gasteiger partial charge >= 0.3 is 0 Å². The Morgan fingerprint density at radius 1 is 1.06 bits per heavy atom. The molecule has 1 heteroatoms. The van der Waals surface area contributed by atoms with Crippen LogP contribution in [0, 0.1) is 17.8 Å². The van der Waals surface area contributed by atoms with Gasteiger partial charge in [-0.15, -0.1) is 0 Å². The first-order valence-corrected chi connectivity index (χ1v) is 8.48. The van der Waals surface area contributed by atoms with E-state index in [9.17, 15) is 0 Å². The highest BCUT2D eigenvalue weighted by Gasteiger charge is 2.28. The first-order valence-electron chi connectivity index (χ1n) is 8.48. The van der Waals surface area contributed by atoms with E-state index in [-0.39, 0.29) is 0 Å². The van der Waals surface area contributed by atoms with Gasteiger partial charge in [-0.3, -0.25) is 0 Å². The smallest absolute Gasteiger partial charge is 0.00979 e. The molecule has 3 atom stereocenters. The van der Waals surface area contributed by atoms with Gasteiger partial charge in [0.25, 0.3) is 0 Å². The van der Waals surface area contributed by atoms with Gasteiger partial charge in [0.1, 0.15) is 0 Å². The summed E-state index contributed by atoms with van der Waals surface area (Å²) in [6.45, 7) is 10.5. The molecule has 1 nitrogen and oxygen atoms in total. The Morgan fingerprint density at radius 3 is 2.33 bits per heavy atom. The number of hydrogen-bond donors (Lipinski definition) is 1. The van der Waals surface area contributed by atoms with Gasteiger partial charge in [0.2, 0.25) is 0 Å². The van der Waals surface area contributed by atoms with Crippen LogP contribution in [-0.2, 0) is 0 Å². The van der Waals surface area contributed by atoms with E-state index in [2.05, 4.69) is 33.0 Å². The zero-order valence-corrected chi connectivity index (χ0v) is 13.2. The van der Waals surface area contributed by atoms with E-state index in [1.807, 2.05) is 0 Å². The van der Waals surface area contributed by atoms with Gasteiger partial charge in [-0.1, -0.05) is 59.8 Å². The summed E-state index contributed by atoms with van der Waals surface area (Å²) in [6.07, 6.45) is 11.4. The van der Waals surface area contributed by atoms with Crippen LogP contribution in [0.5, 0.6) is 0 Å². The standard InChI is InChI=1S/C17H35N/c1-5-14(6-2)13-17(18-8-4)16-11-9-10-15(7-3)12-16/h14-18H,5-13H2,1-4H3.